The van der Waals surface area contributed by atoms with E-state index in [1.54, 1.807) is 0 Å². The van der Waals surface area contributed by atoms with Crippen molar-refractivity contribution < 1.29 is 58.2 Å². The molecule has 174 valence electrons. The van der Waals surface area contributed by atoms with Gasteiger partial charge in [0.15, 0.2) is 0 Å². The van der Waals surface area contributed by atoms with Gasteiger partial charge in [0.1, 0.15) is 0 Å². The van der Waals surface area contributed by atoms with Gasteiger partial charge in [0.25, 0.3) is 0 Å². The monoisotopic (exact) mass is 555 g/mol. The van der Waals surface area contributed by atoms with E-state index in [0.29, 0.717) is 0 Å². The van der Waals surface area contributed by atoms with E-state index in [9.17, 15) is 26.8 Å². The fourth-order valence-corrected chi connectivity index (χ4v) is 5.70. The number of hydrogen-bond acceptors (Lipinski definition) is 13. The van der Waals surface area contributed by atoms with Crippen molar-refractivity contribution in [3.8, 4) is 0 Å². The molecule has 1 unspecified atom stereocenters. The zero-order chi connectivity index (χ0) is 23.2. The van der Waals surface area contributed by atoms with Crippen LogP contribution in [-0.4, -0.2) is 81.8 Å². The molecule has 0 amide bonds. The number of aliphatic hydroxyl groups excluding tert-OH is 1. The molecule has 21 heteroatoms. The molecule has 0 bridgehead atoms. The van der Waals surface area contributed by atoms with Crippen LogP contribution in [0.1, 0.15) is 6.23 Å². The third-order valence-corrected chi connectivity index (χ3v) is 7.56. The van der Waals surface area contributed by atoms with E-state index in [4.69, 9.17) is 24.4 Å². The number of imidazole rings is 1. The molecule has 1 saturated heterocycles. The first-order valence-corrected chi connectivity index (χ1v) is 13.7. The van der Waals surface area contributed by atoms with Gasteiger partial charge in [-0.2, -0.15) is 0 Å². The number of fused-ring (bicyclic) bond motifs is 1. The minimum absolute atomic E-state index is 0.00935. The van der Waals surface area contributed by atoms with E-state index >= 15 is 0 Å². The Morgan fingerprint density at radius 1 is 1.23 bits per heavy atom. The van der Waals surface area contributed by atoms with E-state index in [-0.39, 0.29) is 17.0 Å². The Hall–Kier alpha value is -1.43. The Kier molecular flexibility index (Phi) is 6.63. The number of nitrogens with zero attached hydrogens (tertiary/aromatic N) is 4. The Morgan fingerprint density at radius 3 is 2.52 bits per heavy atom. The summed E-state index contributed by atoms with van der Waals surface area (Å²) in [6.45, 7) is -1.05. The summed E-state index contributed by atoms with van der Waals surface area (Å²) in [4.78, 5) is 39.2. The second kappa shape index (κ2) is 8.49. The van der Waals surface area contributed by atoms with Crippen LogP contribution in [0.3, 0.4) is 0 Å². The van der Waals surface area contributed by atoms with E-state index in [1.165, 1.54) is 0 Å². The van der Waals surface area contributed by atoms with Crippen LogP contribution in [0.15, 0.2) is 12.7 Å². The molecule has 3 heterocycles. The van der Waals surface area contributed by atoms with Gasteiger partial charge in [-0.1, -0.05) is 0 Å². The molecular weight excluding hydrogens is 539 g/mol. The first-order chi connectivity index (χ1) is 14.2. The third-order valence-electron chi connectivity index (χ3n) is 3.82. The SMILES string of the molecule is Nc1ncnc2c1ncn2[C@@H]1O[C@H](COP(=O)(O)O[Se](=O)(=O)O)[C@@H](OP(=O)(O)O)[C@H]1O. The first kappa shape index (κ1) is 24.2. The molecule has 0 spiro atoms. The van der Waals surface area contributed by atoms with E-state index in [0.717, 1.165) is 17.2 Å². The quantitative estimate of drug-likeness (QED) is 0.146. The average Bonchev–Trinajstić information content (AvgIpc) is 3.13. The molecule has 3 rings (SSSR count). The molecule has 0 radical (unpaired) electrons. The fourth-order valence-electron chi connectivity index (χ4n) is 2.74. The minimum atomic E-state index is -6.13. The molecule has 7 N–H and O–H groups in total. The van der Waals surface area contributed by atoms with Gasteiger partial charge < -0.3 is 0 Å². The Bertz CT molecular complexity index is 1170. The Balaban J connectivity index is 1.88. The number of nitrogens with two attached hydrogens (primary N) is 1. The molecule has 1 fully saturated rings. The van der Waals surface area contributed by atoms with Crippen LogP contribution in [0.4, 0.5) is 5.82 Å². The predicted molar refractivity (Wildman–Crippen MR) is 92.8 cm³/mol. The molecule has 18 nitrogen and oxygen atoms in total. The van der Waals surface area contributed by atoms with Crippen LogP contribution >= 0.6 is 15.6 Å². The van der Waals surface area contributed by atoms with Crippen molar-refractivity contribution in [1.82, 2.24) is 19.5 Å². The van der Waals surface area contributed by atoms with Crippen molar-refractivity contribution in [2.75, 3.05) is 12.3 Å². The van der Waals surface area contributed by atoms with Gasteiger partial charge in [-0.15, -0.1) is 0 Å². The molecule has 0 saturated carbocycles. The molecular formula is C10H15N5O13P2Se. The zero-order valence-electron chi connectivity index (χ0n) is 14.8. The maximum absolute atomic E-state index is 11.6. The number of hydrogen-bond donors (Lipinski definition) is 6. The maximum atomic E-state index is 11.6. The standard InChI is InChI=1S/C10H15N5O13P2Se/c11-8-5-9(13-2-12-8)15(3-14-5)10-6(16)7(27-29(17,18)19)4(26-10)1-25-30(20,21)28-31(22,23)24/h2-4,6-7,10,16H,1H2,(H,20,21)(H2,11,12,13)(H2,17,18,19)(H,22,23,24)/t4-,6-,7-,10-/m1/s1. The molecule has 2 aromatic heterocycles. The number of aliphatic hydroxyl groups is 1. The second-order valence-electron chi connectivity index (χ2n) is 5.97. The molecule has 0 aliphatic carbocycles. The van der Waals surface area contributed by atoms with E-state index in [1.807, 2.05) is 0 Å². The van der Waals surface area contributed by atoms with Crippen molar-refractivity contribution in [3.63, 3.8) is 0 Å². The number of phosphoric acid groups is 2. The van der Waals surface area contributed by atoms with Crippen LogP contribution in [0.5, 0.6) is 0 Å². The Morgan fingerprint density at radius 2 is 1.90 bits per heavy atom. The third kappa shape index (κ3) is 5.88. The van der Waals surface area contributed by atoms with Crippen molar-refractivity contribution in [1.29, 1.82) is 0 Å². The normalized spacial score (nSPS) is 26.9. The number of phosphoric ester groups is 2. The summed E-state index contributed by atoms with van der Waals surface area (Å²) in [5.74, 6) is -0.00935. The van der Waals surface area contributed by atoms with Gasteiger partial charge in [0.2, 0.25) is 0 Å². The predicted octanol–water partition coefficient (Wildman–Crippen LogP) is -2.43. The fraction of sp³-hybridized carbons (Fsp3) is 0.500. The zero-order valence-corrected chi connectivity index (χ0v) is 18.3. The van der Waals surface area contributed by atoms with Crippen molar-refractivity contribution in [3.05, 3.63) is 12.7 Å². The number of rotatable bonds is 8. The second-order valence-corrected chi connectivity index (χ2v) is 11.2. The molecule has 2 aromatic rings. The van der Waals surface area contributed by atoms with Gasteiger partial charge in [-0.25, -0.2) is 0 Å². The first-order valence-electron chi connectivity index (χ1n) is 7.83. The summed E-state index contributed by atoms with van der Waals surface area (Å²) in [6, 6.07) is 0. The molecule has 5 atom stereocenters. The number of anilines is 1. The van der Waals surface area contributed by atoms with Crippen molar-refractivity contribution >= 4 is 46.0 Å². The molecule has 31 heavy (non-hydrogen) atoms. The number of aromatic nitrogens is 4. The summed E-state index contributed by atoms with van der Waals surface area (Å²) in [5, 5.41) is 10.5. The van der Waals surface area contributed by atoms with Crippen molar-refractivity contribution in [2.24, 2.45) is 0 Å². The van der Waals surface area contributed by atoms with Crippen LogP contribution in [0.25, 0.3) is 11.2 Å². The number of ether oxygens (including phenoxy) is 1. The van der Waals surface area contributed by atoms with Crippen molar-refractivity contribution in [2.45, 2.75) is 24.5 Å². The van der Waals surface area contributed by atoms with Gasteiger partial charge in [-0.05, 0) is 0 Å². The van der Waals surface area contributed by atoms with Crippen LogP contribution < -0.4 is 5.73 Å². The van der Waals surface area contributed by atoms with Gasteiger partial charge in [-0.3, -0.25) is 0 Å². The summed E-state index contributed by atoms with van der Waals surface area (Å²) in [5.41, 5.74) is 5.86. The average molecular weight is 554 g/mol. The molecule has 0 aromatic carbocycles. The van der Waals surface area contributed by atoms with E-state index in [2.05, 4.69) is 27.6 Å². The Labute approximate surface area is 173 Å². The summed E-state index contributed by atoms with van der Waals surface area (Å²) in [7, 11) is -10.6. The summed E-state index contributed by atoms with van der Waals surface area (Å²) >= 11 is -6.13. The number of nitrogen functional groups attached to an aromatic ring is 1. The topological polar surface area (TPSA) is 276 Å². The summed E-state index contributed by atoms with van der Waals surface area (Å²) < 4.78 is 71.8. The van der Waals surface area contributed by atoms with Crippen LogP contribution in [0, 0.1) is 0 Å². The van der Waals surface area contributed by atoms with E-state index < -0.39 is 60.2 Å². The van der Waals surface area contributed by atoms with Crippen LogP contribution in [-0.2, 0) is 34.2 Å². The van der Waals surface area contributed by atoms with Crippen LogP contribution in [0.2, 0.25) is 0 Å². The molecule has 1 aliphatic heterocycles. The molecule has 1 aliphatic rings. The van der Waals surface area contributed by atoms with Gasteiger partial charge >= 0.3 is 173 Å². The van der Waals surface area contributed by atoms with Gasteiger partial charge in [0.05, 0.1) is 0 Å². The van der Waals surface area contributed by atoms with Gasteiger partial charge in [0, 0.05) is 0 Å². The summed E-state index contributed by atoms with van der Waals surface area (Å²) in [6.07, 6.45) is -4.51.